The Balaban J connectivity index is 0.000000557. The number of carbonyl (C=O) groups excluding carboxylic acids is 2. The minimum atomic E-state index is -0.407. The molecule has 0 aromatic heterocycles. The zero-order valence-corrected chi connectivity index (χ0v) is 10.9. The normalized spacial score (nSPS) is 18.7. The molecule has 1 rings (SSSR count). The summed E-state index contributed by atoms with van der Waals surface area (Å²) in [6.45, 7) is 7.78. The summed E-state index contributed by atoms with van der Waals surface area (Å²) in [4.78, 5) is 20.2. The molecule has 6 heteroatoms. The third kappa shape index (κ3) is 9.62. The highest BCUT2D eigenvalue weighted by Gasteiger charge is 2.21. The minimum absolute atomic E-state index is 0.231. The van der Waals surface area contributed by atoms with E-state index in [2.05, 4.69) is 15.4 Å². The van der Waals surface area contributed by atoms with Gasteiger partial charge >= 0.3 is 6.09 Å². The first-order chi connectivity index (χ1) is 7.89. The summed E-state index contributed by atoms with van der Waals surface area (Å²) < 4.78 is 8.98. The van der Waals surface area contributed by atoms with Crippen LogP contribution >= 0.6 is 0 Å². The van der Waals surface area contributed by atoms with Crippen molar-refractivity contribution in [2.24, 2.45) is 0 Å². The molecule has 17 heavy (non-hydrogen) atoms. The van der Waals surface area contributed by atoms with Gasteiger partial charge in [0.25, 0.3) is 6.47 Å². The predicted octanol–water partition coefficient (Wildman–Crippen LogP) is 0.662. The fourth-order valence-corrected chi connectivity index (χ4v) is 1.25. The van der Waals surface area contributed by atoms with Crippen LogP contribution in [0.15, 0.2) is 0 Å². The van der Waals surface area contributed by atoms with Gasteiger partial charge in [-0.15, -0.1) is 0 Å². The Hall–Kier alpha value is -1.30. The van der Waals surface area contributed by atoms with Crippen LogP contribution in [0.4, 0.5) is 4.79 Å². The second-order valence-corrected chi connectivity index (χ2v) is 4.67. The number of hydrogen-bond donors (Lipinski definition) is 2. The largest absolute Gasteiger partial charge is 0.471 e. The molecular weight excluding hydrogens is 224 g/mol. The molecule has 1 aliphatic rings. The molecule has 0 radical (unpaired) electrons. The van der Waals surface area contributed by atoms with E-state index in [1.165, 1.54) is 7.11 Å². The first-order valence-corrected chi connectivity index (χ1v) is 5.55. The maximum Gasteiger partial charge on any atom is 0.407 e. The molecule has 1 saturated heterocycles. The number of nitrogens with one attached hydrogen (secondary N) is 2. The number of alkyl carbamates (subject to hydrolysis) is 1. The van der Waals surface area contributed by atoms with E-state index < -0.39 is 5.60 Å². The number of rotatable bonds is 2. The average molecular weight is 246 g/mol. The summed E-state index contributed by atoms with van der Waals surface area (Å²) in [5.41, 5.74) is -0.407. The first kappa shape index (κ1) is 15.7. The number of carbonyl (C=O) groups is 2. The Morgan fingerprint density at radius 2 is 2.06 bits per heavy atom. The molecule has 1 amide bonds. The van der Waals surface area contributed by atoms with Crippen LogP contribution in [0.1, 0.15) is 27.2 Å². The zero-order valence-electron chi connectivity index (χ0n) is 10.9. The van der Waals surface area contributed by atoms with Crippen molar-refractivity contribution in [1.82, 2.24) is 10.6 Å². The molecule has 0 saturated carbocycles. The Labute approximate surface area is 102 Å². The molecular formula is C11H22N2O4. The van der Waals surface area contributed by atoms with E-state index in [-0.39, 0.29) is 12.1 Å². The number of amides is 1. The molecule has 0 aromatic rings. The van der Waals surface area contributed by atoms with Crippen LogP contribution in [0.5, 0.6) is 0 Å². The van der Waals surface area contributed by atoms with Gasteiger partial charge in [0.15, 0.2) is 0 Å². The average Bonchev–Trinajstić information content (AvgIpc) is 2.67. The lowest BCUT2D eigenvalue weighted by Crippen LogP contribution is -2.40. The van der Waals surface area contributed by atoms with Crippen molar-refractivity contribution < 1.29 is 19.1 Å². The van der Waals surface area contributed by atoms with E-state index >= 15 is 0 Å². The third-order valence-corrected chi connectivity index (χ3v) is 1.88. The molecule has 100 valence electrons. The maximum atomic E-state index is 11.3. The second kappa shape index (κ2) is 7.89. The van der Waals surface area contributed by atoms with E-state index in [0.29, 0.717) is 6.47 Å². The molecule has 0 unspecified atom stereocenters. The highest BCUT2D eigenvalue weighted by molar-refractivity contribution is 5.68. The maximum absolute atomic E-state index is 11.3. The van der Waals surface area contributed by atoms with Crippen molar-refractivity contribution in [3.63, 3.8) is 0 Å². The molecule has 1 heterocycles. The fourth-order valence-electron chi connectivity index (χ4n) is 1.25. The predicted molar refractivity (Wildman–Crippen MR) is 63.7 cm³/mol. The number of methoxy groups -OCH3 is 1. The van der Waals surface area contributed by atoms with Gasteiger partial charge < -0.3 is 20.1 Å². The van der Waals surface area contributed by atoms with Crippen LogP contribution in [0.2, 0.25) is 0 Å². The number of ether oxygens (including phenoxy) is 2. The monoisotopic (exact) mass is 246 g/mol. The summed E-state index contributed by atoms with van der Waals surface area (Å²) in [5, 5.41) is 5.98. The van der Waals surface area contributed by atoms with Gasteiger partial charge in [0.05, 0.1) is 7.11 Å². The van der Waals surface area contributed by atoms with Gasteiger partial charge in [-0.25, -0.2) is 4.79 Å². The van der Waals surface area contributed by atoms with Crippen LogP contribution < -0.4 is 10.6 Å². The topological polar surface area (TPSA) is 76.7 Å². The van der Waals surface area contributed by atoms with Crippen molar-refractivity contribution in [3.8, 4) is 0 Å². The van der Waals surface area contributed by atoms with Crippen molar-refractivity contribution >= 4 is 12.6 Å². The minimum Gasteiger partial charge on any atom is -0.471 e. The van der Waals surface area contributed by atoms with Crippen LogP contribution in [0.25, 0.3) is 0 Å². The van der Waals surface area contributed by atoms with Crippen molar-refractivity contribution in [1.29, 1.82) is 0 Å². The molecule has 1 fully saturated rings. The SMILES string of the molecule is CC(C)(C)OC(=O)N[C@@H]1CCNC1.COC=O. The molecule has 0 bridgehead atoms. The number of hydrogen-bond acceptors (Lipinski definition) is 5. The fraction of sp³-hybridized carbons (Fsp3) is 0.818. The van der Waals surface area contributed by atoms with E-state index in [1.807, 2.05) is 20.8 Å². The first-order valence-electron chi connectivity index (χ1n) is 5.55. The highest BCUT2D eigenvalue weighted by atomic mass is 16.6. The Kier molecular flexibility index (Phi) is 7.29. The smallest absolute Gasteiger partial charge is 0.407 e. The molecule has 0 aliphatic carbocycles. The van der Waals surface area contributed by atoms with Crippen molar-refractivity contribution in [3.05, 3.63) is 0 Å². The lowest BCUT2D eigenvalue weighted by Gasteiger charge is -2.21. The van der Waals surface area contributed by atoms with E-state index in [4.69, 9.17) is 9.53 Å². The Morgan fingerprint density at radius 1 is 1.47 bits per heavy atom. The quantitative estimate of drug-likeness (QED) is 0.700. The van der Waals surface area contributed by atoms with Crippen molar-refractivity contribution in [2.75, 3.05) is 20.2 Å². The van der Waals surface area contributed by atoms with Crippen LogP contribution in [0.3, 0.4) is 0 Å². The molecule has 2 N–H and O–H groups in total. The molecule has 6 nitrogen and oxygen atoms in total. The zero-order chi connectivity index (χ0) is 13.3. The molecule has 1 aliphatic heterocycles. The van der Waals surface area contributed by atoms with Crippen LogP contribution in [0, 0.1) is 0 Å². The highest BCUT2D eigenvalue weighted by Crippen LogP contribution is 2.07. The van der Waals surface area contributed by atoms with Crippen LogP contribution in [-0.2, 0) is 14.3 Å². The molecule has 0 spiro atoms. The van der Waals surface area contributed by atoms with E-state index in [9.17, 15) is 4.79 Å². The lowest BCUT2D eigenvalue weighted by molar-refractivity contribution is -0.126. The molecule has 0 aromatic carbocycles. The third-order valence-electron chi connectivity index (χ3n) is 1.88. The Morgan fingerprint density at radius 3 is 2.41 bits per heavy atom. The van der Waals surface area contributed by atoms with Crippen LogP contribution in [-0.4, -0.2) is 44.4 Å². The summed E-state index contributed by atoms with van der Waals surface area (Å²) >= 11 is 0. The lowest BCUT2D eigenvalue weighted by atomic mass is 10.2. The summed E-state index contributed by atoms with van der Waals surface area (Å²) in [6.07, 6.45) is 0.667. The molecule has 1 atom stereocenters. The van der Waals surface area contributed by atoms with E-state index in [1.54, 1.807) is 0 Å². The summed E-state index contributed by atoms with van der Waals surface area (Å²) in [6, 6.07) is 0.231. The van der Waals surface area contributed by atoms with Gasteiger partial charge in [-0.2, -0.15) is 0 Å². The summed E-state index contributed by atoms with van der Waals surface area (Å²) in [5.74, 6) is 0. The van der Waals surface area contributed by atoms with Gasteiger partial charge in [0.2, 0.25) is 0 Å². The van der Waals surface area contributed by atoms with Crippen molar-refractivity contribution in [2.45, 2.75) is 38.8 Å². The second-order valence-electron chi connectivity index (χ2n) is 4.67. The van der Waals surface area contributed by atoms with Gasteiger partial charge in [-0.1, -0.05) is 0 Å². The van der Waals surface area contributed by atoms with Gasteiger partial charge in [-0.05, 0) is 33.7 Å². The van der Waals surface area contributed by atoms with Gasteiger partial charge in [0, 0.05) is 12.6 Å². The van der Waals surface area contributed by atoms with Gasteiger partial charge in [0.1, 0.15) is 5.60 Å². The Bertz CT molecular complexity index is 232. The summed E-state index contributed by atoms with van der Waals surface area (Å²) in [7, 11) is 1.31. The van der Waals surface area contributed by atoms with E-state index in [0.717, 1.165) is 19.5 Å². The van der Waals surface area contributed by atoms with Gasteiger partial charge in [-0.3, -0.25) is 4.79 Å². The standard InChI is InChI=1S/C9H18N2O2.C2H4O2/c1-9(2,3)13-8(12)11-7-4-5-10-6-7;1-4-2-3/h7,10H,4-6H2,1-3H3,(H,11,12);2H,1H3/t7-;/m1./s1.